The Kier molecular flexibility index (Phi) is 4.77. The summed E-state index contributed by atoms with van der Waals surface area (Å²) in [6.07, 6.45) is -1.41. The van der Waals surface area contributed by atoms with E-state index in [4.69, 9.17) is 4.74 Å². The van der Waals surface area contributed by atoms with Crippen LogP contribution in [-0.4, -0.2) is 12.6 Å². The van der Waals surface area contributed by atoms with Crippen LogP contribution < -0.4 is 39.8 Å². The fourth-order valence-electron chi connectivity index (χ4n) is 1.76. The van der Waals surface area contributed by atoms with Crippen molar-refractivity contribution in [3.8, 4) is 0 Å². The summed E-state index contributed by atoms with van der Waals surface area (Å²) in [5, 5.41) is 23.6. The van der Waals surface area contributed by atoms with Crippen molar-refractivity contribution in [3.05, 3.63) is 41.0 Å². The predicted molar refractivity (Wildman–Crippen MR) is 52.7 cm³/mol. The van der Waals surface area contributed by atoms with Gasteiger partial charge >= 0.3 is 35.5 Å². The van der Waals surface area contributed by atoms with Gasteiger partial charge in [-0.1, -0.05) is 41.7 Å². The van der Waals surface area contributed by atoms with Gasteiger partial charge in [0.2, 0.25) is 0 Å². The molecule has 0 heterocycles. The zero-order valence-corrected chi connectivity index (χ0v) is 11.7. The van der Waals surface area contributed by atoms with Gasteiger partial charge in [0, 0.05) is 5.57 Å². The van der Waals surface area contributed by atoms with Gasteiger partial charge in [0.15, 0.2) is 0 Å². The van der Waals surface area contributed by atoms with Crippen LogP contribution in [0.2, 0.25) is 0 Å². The van der Waals surface area contributed by atoms with Crippen LogP contribution in [0.1, 0.15) is 24.2 Å². The van der Waals surface area contributed by atoms with Gasteiger partial charge in [-0.15, -0.1) is 0 Å². The third-order valence-corrected chi connectivity index (χ3v) is 2.49. The van der Waals surface area contributed by atoms with Crippen molar-refractivity contribution >= 4 is 11.7 Å². The first-order valence-corrected chi connectivity index (χ1v) is 5.00. The van der Waals surface area contributed by atoms with Crippen molar-refractivity contribution in [3.63, 3.8) is 0 Å². The predicted octanol–water partition coefficient (Wildman–Crippen LogP) is -3.26. The Morgan fingerprint density at radius 3 is 2.65 bits per heavy atom. The smallest absolute Gasteiger partial charge is 0.872 e. The van der Waals surface area contributed by atoms with Gasteiger partial charge < -0.3 is 14.9 Å². The van der Waals surface area contributed by atoms with Crippen LogP contribution in [0.25, 0.3) is 5.76 Å². The molecule has 1 aliphatic rings. The van der Waals surface area contributed by atoms with Crippen LogP contribution in [-0.2, 0) is 9.53 Å². The number of hydrogen-bond donors (Lipinski definition) is 0. The van der Waals surface area contributed by atoms with Crippen LogP contribution in [0.3, 0.4) is 0 Å². The number of rotatable bonds is 2. The van der Waals surface area contributed by atoms with Crippen molar-refractivity contribution in [1.82, 2.24) is 0 Å². The molecule has 2 rings (SSSR count). The van der Waals surface area contributed by atoms with E-state index in [1.807, 2.05) is 0 Å². The molecule has 0 aromatic heterocycles. The number of carbonyl (C=O) groups excluding carboxylic acids is 1. The topological polar surface area (TPSA) is 72.4 Å². The van der Waals surface area contributed by atoms with Crippen molar-refractivity contribution in [2.45, 2.75) is 13.0 Å². The Morgan fingerprint density at radius 2 is 2.06 bits per heavy atom. The summed E-state index contributed by atoms with van der Waals surface area (Å²) in [4.78, 5) is 11.5. The molecule has 0 bridgehead atoms. The molecule has 1 aromatic rings. The van der Waals surface area contributed by atoms with Gasteiger partial charge in [0.1, 0.15) is 0 Å². The first kappa shape index (κ1) is 14.3. The monoisotopic (exact) mass is 241 g/mol. The van der Waals surface area contributed by atoms with Gasteiger partial charge in [-0.3, -0.25) is 0 Å². The Labute approximate surface area is 121 Å². The minimum absolute atomic E-state index is 0. The summed E-state index contributed by atoms with van der Waals surface area (Å²) in [5.41, 5.74) is 0.365. The molecule has 0 spiro atoms. The van der Waals surface area contributed by atoms with E-state index >= 15 is 0 Å². The van der Waals surface area contributed by atoms with E-state index in [9.17, 15) is 15.0 Å². The van der Waals surface area contributed by atoms with Crippen molar-refractivity contribution in [1.29, 1.82) is 0 Å². The summed E-state index contributed by atoms with van der Waals surface area (Å²) < 4.78 is 4.70. The Balaban J connectivity index is 0.00000144. The first-order valence-electron chi connectivity index (χ1n) is 5.00. The third kappa shape index (κ3) is 2.40. The summed E-state index contributed by atoms with van der Waals surface area (Å²) in [7, 11) is 0. The quantitative estimate of drug-likeness (QED) is 0.402. The average molecular weight is 241 g/mol. The van der Waals surface area contributed by atoms with Gasteiger partial charge in [-0.05, 0) is 12.5 Å². The standard InChI is InChI=1S/C12H11O4.Na/c1-2-16-12(15)9-10(13)7-5-3-4-6-8(7)11(9)14;/h3-6,10,14H,2H2,1H3;/q-1;+1/p-1. The average Bonchev–Trinajstić information content (AvgIpc) is 2.53. The molecule has 0 saturated carbocycles. The molecule has 5 heteroatoms. The van der Waals surface area contributed by atoms with E-state index < -0.39 is 17.8 Å². The zero-order chi connectivity index (χ0) is 11.7. The van der Waals surface area contributed by atoms with Gasteiger partial charge in [-0.2, -0.15) is 0 Å². The second-order valence-corrected chi connectivity index (χ2v) is 3.43. The molecule has 1 aliphatic carbocycles. The third-order valence-electron chi connectivity index (χ3n) is 2.49. The molecule has 17 heavy (non-hydrogen) atoms. The number of benzene rings is 1. The Morgan fingerprint density at radius 1 is 1.41 bits per heavy atom. The van der Waals surface area contributed by atoms with Crippen LogP contribution in [0.4, 0.5) is 0 Å². The van der Waals surface area contributed by atoms with Crippen molar-refractivity contribution < 1.29 is 49.3 Å². The SMILES string of the molecule is CCOC(=O)C1=C([O-])c2ccccc2C1[O-].[Na+]. The van der Waals surface area contributed by atoms with Gasteiger partial charge in [0.25, 0.3) is 0 Å². The summed E-state index contributed by atoms with van der Waals surface area (Å²) in [6.45, 7) is 1.78. The minimum atomic E-state index is -1.41. The molecular formula is C12H10NaO4-. The second-order valence-electron chi connectivity index (χ2n) is 3.43. The fourth-order valence-corrected chi connectivity index (χ4v) is 1.76. The number of ether oxygens (including phenoxy) is 1. The first-order chi connectivity index (χ1) is 7.66. The zero-order valence-electron chi connectivity index (χ0n) is 9.73. The molecule has 1 aromatic carbocycles. The largest absolute Gasteiger partial charge is 1.00 e. The maximum atomic E-state index is 11.8. The maximum absolute atomic E-state index is 11.8. The van der Waals surface area contributed by atoms with E-state index in [2.05, 4.69) is 0 Å². The molecule has 1 atom stereocenters. The molecule has 0 aliphatic heterocycles. The number of carbonyl (C=O) groups is 1. The molecule has 0 fully saturated rings. The fraction of sp³-hybridized carbons (Fsp3) is 0.250. The minimum Gasteiger partial charge on any atom is -0.872 e. The summed E-state index contributed by atoms with van der Waals surface area (Å²) >= 11 is 0. The van der Waals surface area contributed by atoms with Crippen LogP contribution in [0, 0.1) is 0 Å². The molecule has 4 nitrogen and oxygen atoms in total. The molecular weight excluding hydrogens is 231 g/mol. The Bertz CT molecular complexity index is 467. The molecule has 0 radical (unpaired) electrons. The van der Waals surface area contributed by atoms with E-state index in [0.29, 0.717) is 11.1 Å². The van der Waals surface area contributed by atoms with Crippen LogP contribution in [0.15, 0.2) is 29.8 Å². The number of fused-ring (bicyclic) bond motifs is 1. The number of esters is 1. The summed E-state index contributed by atoms with van der Waals surface area (Å²) in [6, 6.07) is 6.45. The van der Waals surface area contributed by atoms with Crippen LogP contribution in [0.5, 0.6) is 0 Å². The molecule has 84 valence electrons. The van der Waals surface area contributed by atoms with E-state index in [1.54, 1.807) is 31.2 Å². The second kappa shape index (κ2) is 5.69. The van der Waals surface area contributed by atoms with Gasteiger partial charge in [0.05, 0.1) is 6.61 Å². The van der Waals surface area contributed by atoms with Crippen molar-refractivity contribution in [2.75, 3.05) is 6.61 Å². The molecule has 1 unspecified atom stereocenters. The Hall–Kier alpha value is -0.810. The maximum Gasteiger partial charge on any atom is 1.00 e. The van der Waals surface area contributed by atoms with E-state index in [1.165, 1.54) is 0 Å². The molecule has 0 saturated heterocycles. The van der Waals surface area contributed by atoms with Crippen LogP contribution >= 0.6 is 0 Å². The normalized spacial score (nSPS) is 17.4. The van der Waals surface area contributed by atoms with Crippen molar-refractivity contribution in [2.24, 2.45) is 0 Å². The van der Waals surface area contributed by atoms with E-state index in [-0.39, 0.29) is 41.7 Å². The molecule has 0 N–H and O–H groups in total. The van der Waals surface area contributed by atoms with E-state index in [0.717, 1.165) is 0 Å². The molecule has 0 amide bonds. The number of hydrogen-bond acceptors (Lipinski definition) is 4. The summed E-state index contributed by atoms with van der Waals surface area (Å²) in [5.74, 6) is -1.31. The van der Waals surface area contributed by atoms with Gasteiger partial charge in [-0.25, -0.2) is 4.79 Å².